The number of benzene rings is 1. The van der Waals surface area contributed by atoms with E-state index >= 15 is 0 Å². The number of hydrogen-bond acceptors (Lipinski definition) is 2. The Morgan fingerprint density at radius 2 is 1.89 bits per heavy atom. The summed E-state index contributed by atoms with van der Waals surface area (Å²) in [5, 5.41) is 8.91. The second kappa shape index (κ2) is 7.49. The van der Waals surface area contributed by atoms with E-state index < -0.39 is 11.6 Å². The van der Waals surface area contributed by atoms with Gasteiger partial charge in [-0.1, -0.05) is 36.8 Å². The molecular formula is C14H20CaO3. The van der Waals surface area contributed by atoms with E-state index in [1.165, 1.54) is 5.56 Å². The fraction of sp³-hybridized carbons (Fsp3) is 0.500. The van der Waals surface area contributed by atoms with Gasteiger partial charge < -0.3 is 9.84 Å². The molecule has 0 saturated carbocycles. The van der Waals surface area contributed by atoms with E-state index in [0.29, 0.717) is 13.0 Å². The van der Waals surface area contributed by atoms with Gasteiger partial charge in [0, 0.05) is 0 Å². The van der Waals surface area contributed by atoms with Crippen LogP contribution in [0.15, 0.2) is 30.3 Å². The minimum absolute atomic E-state index is 0. The van der Waals surface area contributed by atoms with E-state index in [0.717, 1.165) is 25.7 Å². The Morgan fingerprint density at radius 3 is 2.44 bits per heavy atom. The van der Waals surface area contributed by atoms with Crippen LogP contribution < -0.4 is 0 Å². The molecule has 1 atom stereocenters. The Labute approximate surface area is 138 Å². The first-order valence-electron chi connectivity index (χ1n) is 6.14. The van der Waals surface area contributed by atoms with Crippen LogP contribution in [0, 0.1) is 0 Å². The number of carboxylic acid groups (broad SMARTS) is 1. The van der Waals surface area contributed by atoms with Gasteiger partial charge in [-0.3, -0.25) is 0 Å². The summed E-state index contributed by atoms with van der Waals surface area (Å²) in [5.74, 6) is -0.805. The van der Waals surface area contributed by atoms with Gasteiger partial charge in [0.15, 0.2) is 5.60 Å². The van der Waals surface area contributed by atoms with E-state index in [1.54, 1.807) is 0 Å². The summed E-state index contributed by atoms with van der Waals surface area (Å²) < 4.78 is 5.02. The molecule has 0 aromatic heterocycles. The summed E-state index contributed by atoms with van der Waals surface area (Å²) >= 11 is 0. The molecule has 1 fully saturated rings. The van der Waals surface area contributed by atoms with Gasteiger partial charge in [-0.25, -0.2) is 4.79 Å². The number of ether oxygens (including phenoxy) is 1. The van der Waals surface area contributed by atoms with E-state index in [9.17, 15) is 4.79 Å². The molecule has 1 aromatic carbocycles. The van der Waals surface area contributed by atoms with Crippen LogP contribution in [-0.2, 0) is 16.0 Å². The number of aryl methyl sites for hydroxylation is 1. The molecule has 4 heteroatoms. The van der Waals surface area contributed by atoms with Crippen molar-refractivity contribution in [1.82, 2.24) is 0 Å². The Balaban J connectivity index is 0.00000162. The molecule has 1 heterocycles. The fourth-order valence-corrected chi connectivity index (χ4v) is 2.02. The van der Waals surface area contributed by atoms with Gasteiger partial charge in [0.2, 0.25) is 0 Å². The van der Waals surface area contributed by atoms with Crippen LogP contribution in [0.5, 0.6) is 0 Å². The molecule has 1 saturated heterocycles. The number of carboxylic acids is 1. The van der Waals surface area contributed by atoms with Crippen LogP contribution >= 0.6 is 0 Å². The van der Waals surface area contributed by atoms with Crippen molar-refractivity contribution in [2.24, 2.45) is 0 Å². The number of hydrogen-bond donors (Lipinski definition) is 1. The first kappa shape index (κ1) is 16.0. The van der Waals surface area contributed by atoms with E-state index in [-0.39, 0.29) is 37.7 Å². The summed E-state index contributed by atoms with van der Waals surface area (Å²) in [6, 6.07) is 10.4. The molecule has 0 spiro atoms. The quantitative estimate of drug-likeness (QED) is 0.469. The van der Waals surface area contributed by atoms with Crippen molar-refractivity contribution in [2.75, 3.05) is 6.61 Å². The molecule has 1 N–H and O–H groups in total. The Morgan fingerprint density at radius 1 is 1.22 bits per heavy atom. The zero-order valence-electron chi connectivity index (χ0n) is 9.89. The summed E-state index contributed by atoms with van der Waals surface area (Å²) in [6.07, 6.45) is 4.82. The monoisotopic (exact) mass is 276 g/mol. The molecular weight excluding hydrogens is 256 g/mol. The van der Waals surface area contributed by atoms with Gasteiger partial charge in [-0.05, 0) is 31.2 Å². The molecule has 1 aliphatic heterocycles. The van der Waals surface area contributed by atoms with Crippen LogP contribution in [0.25, 0.3) is 0 Å². The number of epoxide rings is 1. The third-order valence-electron chi connectivity index (χ3n) is 3.27. The zero-order chi connectivity index (χ0) is 12.1. The molecule has 18 heavy (non-hydrogen) atoms. The summed E-state index contributed by atoms with van der Waals surface area (Å²) in [4.78, 5) is 10.8. The second-order valence-electron chi connectivity index (χ2n) is 4.63. The first-order chi connectivity index (χ1) is 8.23. The normalized spacial score (nSPS) is 21.1. The van der Waals surface area contributed by atoms with Gasteiger partial charge in [0.25, 0.3) is 0 Å². The van der Waals surface area contributed by atoms with Crippen molar-refractivity contribution in [3.63, 3.8) is 0 Å². The molecule has 96 valence electrons. The predicted octanol–water partition coefficient (Wildman–Crippen LogP) is 1.73. The average Bonchev–Trinajstić information content (AvgIpc) is 3.11. The van der Waals surface area contributed by atoms with E-state index in [2.05, 4.69) is 12.1 Å². The van der Waals surface area contributed by atoms with Crippen LogP contribution in [0.1, 0.15) is 31.2 Å². The molecule has 0 aliphatic carbocycles. The summed E-state index contributed by atoms with van der Waals surface area (Å²) in [7, 11) is 0. The Bertz CT molecular complexity index is 374. The standard InChI is InChI=1S/C14H18O3.Ca.2H/c15-13(16)14(11-17-14)10-6-2-5-9-12-7-3-1-4-8-12;;;/h1,3-4,7-8H,2,5-6,9-11H2,(H,15,16);;;. The Kier molecular flexibility index (Phi) is 6.64. The number of aliphatic carboxylic acids is 1. The topological polar surface area (TPSA) is 49.8 Å². The van der Waals surface area contributed by atoms with Gasteiger partial charge in [0.05, 0.1) is 6.61 Å². The van der Waals surface area contributed by atoms with Gasteiger partial charge in [0.1, 0.15) is 0 Å². The molecule has 1 aliphatic rings. The third kappa shape index (κ3) is 4.54. The average molecular weight is 276 g/mol. The molecule has 0 bridgehead atoms. The van der Waals surface area contributed by atoms with Gasteiger partial charge in [-0.15, -0.1) is 0 Å². The predicted molar refractivity (Wildman–Crippen MR) is 73.5 cm³/mol. The van der Waals surface area contributed by atoms with Crippen LogP contribution in [-0.4, -0.2) is 61.0 Å². The number of carbonyl (C=O) groups is 1. The fourth-order valence-electron chi connectivity index (χ4n) is 2.02. The third-order valence-corrected chi connectivity index (χ3v) is 3.27. The minimum atomic E-state index is -0.827. The maximum absolute atomic E-state index is 10.8. The molecule has 2 rings (SSSR count). The number of unbranched alkanes of at least 4 members (excludes halogenated alkanes) is 2. The Hall–Kier alpha value is -0.0903. The van der Waals surface area contributed by atoms with E-state index in [1.807, 2.05) is 18.2 Å². The van der Waals surface area contributed by atoms with Gasteiger partial charge >= 0.3 is 43.7 Å². The van der Waals surface area contributed by atoms with Gasteiger partial charge in [-0.2, -0.15) is 0 Å². The maximum atomic E-state index is 10.8. The second-order valence-corrected chi connectivity index (χ2v) is 4.63. The molecule has 0 radical (unpaired) electrons. The van der Waals surface area contributed by atoms with Crippen molar-refractivity contribution in [3.05, 3.63) is 35.9 Å². The van der Waals surface area contributed by atoms with Crippen molar-refractivity contribution >= 4 is 43.7 Å². The van der Waals surface area contributed by atoms with Crippen LogP contribution in [0.4, 0.5) is 0 Å². The first-order valence-corrected chi connectivity index (χ1v) is 6.14. The van der Waals surface area contributed by atoms with Crippen LogP contribution in [0.2, 0.25) is 0 Å². The van der Waals surface area contributed by atoms with Crippen molar-refractivity contribution in [1.29, 1.82) is 0 Å². The zero-order valence-corrected chi connectivity index (χ0v) is 9.89. The number of rotatable bonds is 7. The molecule has 1 aromatic rings. The van der Waals surface area contributed by atoms with Crippen molar-refractivity contribution in [3.8, 4) is 0 Å². The SMILES string of the molecule is O=C(O)C1(CCCCCc2ccccc2)CO1.[CaH2]. The van der Waals surface area contributed by atoms with Crippen molar-refractivity contribution < 1.29 is 14.6 Å². The summed E-state index contributed by atoms with van der Waals surface area (Å²) in [6.45, 7) is 0.390. The molecule has 1 unspecified atom stereocenters. The van der Waals surface area contributed by atoms with Crippen LogP contribution in [0.3, 0.4) is 0 Å². The van der Waals surface area contributed by atoms with E-state index in [4.69, 9.17) is 9.84 Å². The molecule has 3 nitrogen and oxygen atoms in total. The van der Waals surface area contributed by atoms with Crippen molar-refractivity contribution in [2.45, 2.75) is 37.7 Å². The molecule has 0 amide bonds. The summed E-state index contributed by atoms with van der Waals surface area (Å²) in [5.41, 5.74) is 0.523.